The van der Waals surface area contributed by atoms with Crippen molar-refractivity contribution in [2.24, 2.45) is 0 Å². The van der Waals surface area contributed by atoms with E-state index >= 15 is 0 Å². The van der Waals surface area contributed by atoms with Crippen LogP contribution in [0.15, 0.2) is 42.5 Å². The standard InChI is InChI=1S/C16H15N3O4/c1-17(2)14-8-4-12(5-9-14)3-6-13-7-10-15(18(20)21)11-16(13)19(22)23/h3-11H,1-2H3/b6-3+. The molecular weight excluding hydrogens is 298 g/mol. The van der Waals surface area contributed by atoms with Gasteiger partial charge in [-0.25, -0.2) is 0 Å². The molecule has 0 spiro atoms. The molecule has 23 heavy (non-hydrogen) atoms. The fourth-order valence-corrected chi connectivity index (χ4v) is 2.01. The Morgan fingerprint density at radius 3 is 2.09 bits per heavy atom. The van der Waals surface area contributed by atoms with Gasteiger partial charge in [-0.2, -0.15) is 0 Å². The van der Waals surface area contributed by atoms with Gasteiger partial charge in [-0.1, -0.05) is 18.2 Å². The molecule has 0 saturated carbocycles. The van der Waals surface area contributed by atoms with Crippen LogP contribution in [-0.4, -0.2) is 23.9 Å². The zero-order valence-electron chi connectivity index (χ0n) is 12.7. The van der Waals surface area contributed by atoms with Crippen LogP contribution in [0.2, 0.25) is 0 Å². The van der Waals surface area contributed by atoms with Gasteiger partial charge in [-0.15, -0.1) is 0 Å². The number of non-ortho nitro benzene ring substituents is 1. The molecule has 0 unspecified atom stereocenters. The molecule has 0 amide bonds. The minimum absolute atomic E-state index is 0.291. The summed E-state index contributed by atoms with van der Waals surface area (Å²) in [5.41, 5.74) is 1.65. The number of hydrogen-bond acceptors (Lipinski definition) is 5. The Kier molecular flexibility index (Phi) is 4.70. The Bertz CT molecular complexity index is 767. The van der Waals surface area contributed by atoms with Gasteiger partial charge in [0.05, 0.1) is 21.5 Å². The fraction of sp³-hybridized carbons (Fsp3) is 0.125. The van der Waals surface area contributed by atoms with E-state index in [1.165, 1.54) is 12.1 Å². The summed E-state index contributed by atoms with van der Waals surface area (Å²) in [5.74, 6) is 0. The number of benzene rings is 2. The molecule has 0 bridgehead atoms. The van der Waals surface area contributed by atoms with Gasteiger partial charge in [-0.05, 0) is 29.8 Å². The number of anilines is 1. The first kappa shape index (κ1) is 16.2. The maximum absolute atomic E-state index is 11.1. The number of nitro groups is 2. The van der Waals surface area contributed by atoms with E-state index in [0.717, 1.165) is 17.3 Å². The summed E-state index contributed by atoms with van der Waals surface area (Å²) in [6.07, 6.45) is 3.31. The van der Waals surface area contributed by atoms with Gasteiger partial charge in [0.25, 0.3) is 11.4 Å². The van der Waals surface area contributed by atoms with Gasteiger partial charge in [0.15, 0.2) is 0 Å². The van der Waals surface area contributed by atoms with Crippen LogP contribution in [0.4, 0.5) is 17.1 Å². The average Bonchev–Trinajstić information content (AvgIpc) is 2.52. The van der Waals surface area contributed by atoms with Crippen LogP contribution < -0.4 is 4.90 Å². The highest BCUT2D eigenvalue weighted by Gasteiger charge is 2.17. The Hall–Kier alpha value is -3.22. The first-order valence-corrected chi connectivity index (χ1v) is 6.77. The van der Waals surface area contributed by atoms with Crippen LogP contribution in [0.1, 0.15) is 11.1 Å². The second-order valence-corrected chi connectivity index (χ2v) is 5.08. The predicted octanol–water partition coefficient (Wildman–Crippen LogP) is 3.74. The van der Waals surface area contributed by atoms with Crippen molar-refractivity contribution in [3.63, 3.8) is 0 Å². The van der Waals surface area contributed by atoms with Gasteiger partial charge >= 0.3 is 0 Å². The molecule has 0 aliphatic carbocycles. The topological polar surface area (TPSA) is 89.5 Å². The largest absolute Gasteiger partial charge is 0.378 e. The van der Waals surface area contributed by atoms with Crippen LogP contribution >= 0.6 is 0 Å². The van der Waals surface area contributed by atoms with E-state index in [9.17, 15) is 20.2 Å². The van der Waals surface area contributed by atoms with E-state index in [-0.39, 0.29) is 11.4 Å². The fourth-order valence-electron chi connectivity index (χ4n) is 2.01. The molecule has 0 radical (unpaired) electrons. The molecular formula is C16H15N3O4. The molecule has 7 heteroatoms. The molecule has 118 valence electrons. The van der Waals surface area contributed by atoms with Gasteiger partial charge in [-0.3, -0.25) is 20.2 Å². The summed E-state index contributed by atoms with van der Waals surface area (Å²) in [6, 6.07) is 11.2. The lowest BCUT2D eigenvalue weighted by Crippen LogP contribution is -2.07. The third-order valence-electron chi connectivity index (χ3n) is 3.29. The first-order chi connectivity index (χ1) is 10.9. The molecule has 2 rings (SSSR count). The van der Waals surface area contributed by atoms with Crippen LogP contribution in [0, 0.1) is 20.2 Å². The molecule has 0 saturated heterocycles. The number of nitro benzene ring substituents is 2. The van der Waals surface area contributed by atoms with E-state index in [2.05, 4.69) is 0 Å². The molecule has 0 atom stereocenters. The zero-order chi connectivity index (χ0) is 17.0. The summed E-state index contributed by atoms with van der Waals surface area (Å²) in [5, 5.41) is 21.8. The molecule has 0 heterocycles. The molecule has 0 fully saturated rings. The lowest BCUT2D eigenvalue weighted by atomic mass is 10.1. The normalized spacial score (nSPS) is 10.7. The Morgan fingerprint density at radius 1 is 0.913 bits per heavy atom. The van der Waals surface area contributed by atoms with E-state index in [1.807, 2.05) is 43.3 Å². The van der Waals surface area contributed by atoms with Crippen molar-refractivity contribution in [2.75, 3.05) is 19.0 Å². The van der Waals surface area contributed by atoms with Crippen molar-refractivity contribution in [3.8, 4) is 0 Å². The van der Waals surface area contributed by atoms with Crippen molar-refractivity contribution in [1.82, 2.24) is 0 Å². The monoisotopic (exact) mass is 313 g/mol. The third-order valence-corrected chi connectivity index (χ3v) is 3.29. The predicted molar refractivity (Wildman–Crippen MR) is 89.4 cm³/mol. The van der Waals surface area contributed by atoms with Gasteiger partial charge < -0.3 is 4.90 Å². The Morgan fingerprint density at radius 2 is 1.57 bits per heavy atom. The molecule has 0 N–H and O–H groups in total. The SMILES string of the molecule is CN(C)c1ccc(/C=C/c2ccc([N+](=O)[O-])cc2[N+](=O)[O-])cc1. The highest BCUT2D eigenvalue weighted by Crippen LogP contribution is 2.26. The third kappa shape index (κ3) is 3.91. The Labute approximate surface area is 132 Å². The molecule has 2 aromatic rings. The minimum Gasteiger partial charge on any atom is -0.378 e. The Balaban J connectivity index is 2.31. The highest BCUT2D eigenvalue weighted by atomic mass is 16.6. The zero-order valence-corrected chi connectivity index (χ0v) is 12.7. The maximum atomic E-state index is 11.1. The molecule has 7 nitrogen and oxygen atoms in total. The highest BCUT2D eigenvalue weighted by molar-refractivity contribution is 5.75. The lowest BCUT2D eigenvalue weighted by molar-refractivity contribution is -0.394. The first-order valence-electron chi connectivity index (χ1n) is 6.77. The van der Waals surface area contributed by atoms with Crippen LogP contribution in [0.3, 0.4) is 0 Å². The quantitative estimate of drug-likeness (QED) is 0.476. The lowest BCUT2D eigenvalue weighted by Gasteiger charge is -2.11. The van der Waals surface area contributed by atoms with Crippen molar-refractivity contribution in [2.45, 2.75) is 0 Å². The molecule has 2 aromatic carbocycles. The summed E-state index contributed by atoms with van der Waals surface area (Å²) >= 11 is 0. The van der Waals surface area contributed by atoms with E-state index in [4.69, 9.17) is 0 Å². The average molecular weight is 313 g/mol. The number of rotatable bonds is 5. The van der Waals surface area contributed by atoms with Gasteiger partial charge in [0.1, 0.15) is 0 Å². The van der Waals surface area contributed by atoms with Gasteiger partial charge in [0.2, 0.25) is 0 Å². The van der Waals surface area contributed by atoms with E-state index < -0.39 is 9.85 Å². The second-order valence-electron chi connectivity index (χ2n) is 5.08. The van der Waals surface area contributed by atoms with Crippen LogP contribution in [0.25, 0.3) is 12.2 Å². The van der Waals surface area contributed by atoms with Crippen LogP contribution in [-0.2, 0) is 0 Å². The van der Waals surface area contributed by atoms with Crippen LogP contribution in [0.5, 0.6) is 0 Å². The molecule has 0 aliphatic rings. The summed E-state index contributed by atoms with van der Waals surface area (Å²) in [7, 11) is 3.87. The van der Waals surface area contributed by atoms with E-state index in [0.29, 0.717) is 5.56 Å². The van der Waals surface area contributed by atoms with E-state index in [1.54, 1.807) is 12.2 Å². The van der Waals surface area contributed by atoms with Crippen molar-refractivity contribution < 1.29 is 9.85 Å². The number of hydrogen-bond donors (Lipinski definition) is 0. The molecule has 0 aromatic heterocycles. The smallest absolute Gasteiger partial charge is 0.283 e. The van der Waals surface area contributed by atoms with Crippen molar-refractivity contribution >= 4 is 29.2 Å². The minimum atomic E-state index is -0.652. The van der Waals surface area contributed by atoms with Crippen molar-refractivity contribution in [1.29, 1.82) is 0 Å². The number of nitrogens with zero attached hydrogens (tertiary/aromatic N) is 3. The van der Waals surface area contributed by atoms with Gasteiger partial charge in [0, 0.05) is 25.8 Å². The maximum Gasteiger partial charge on any atom is 0.283 e. The second kappa shape index (κ2) is 6.69. The summed E-state index contributed by atoms with van der Waals surface area (Å²) in [6.45, 7) is 0. The van der Waals surface area contributed by atoms with Crippen molar-refractivity contribution in [3.05, 3.63) is 73.8 Å². The summed E-state index contributed by atoms with van der Waals surface area (Å²) in [4.78, 5) is 22.5. The molecule has 0 aliphatic heterocycles. The summed E-state index contributed by atoms with van der Waals surface area (Å²) < 4.78 is 0.